The molecule has 0 amide bonds. The predicted molar refractivity (Wildman–Crippen MR) is 151 cm³/mol. The molecule has 0 spiro atoms. The summed E-state index contributed by atoms with van der Waals surface area (Å²) in [5, 5.41) is 1.88. The van der Waals surface area contributed by atoms with Crippen LogP contribution in [0.15, 0.2) is 81.7 Å². The normalized spacial score (nSPS) is 15.5. The lowest BCUT2D eigenvalue weighted by molar-refractivity contribution is -0.139. The molecule has 0 saturated carbocycles. The summed E-state index contributed by atoms with van der Waals surface area (Å²) >= 11 is 1.32. The number of hydrogen-bond donors (Lipinski definition) is 0. The van der Waals surface area contributed by atoms with Gasteiger partial charge < -0.3 is 9.47 Å². The Labute approximate surface area is 225 Å². The first-order valence-corrected chi connectivity index (χ1v) is 13.5. The van der Waals surface area contributed by atoms with Gasteiger partial charge in [-0.25, -0.2) is 9.79 Å². The van der Waals surface area contributed by atoms with Gasteiger partial charge in [0.2, 0.25) is 0 Å². The van der Waals surface area contributed by atoms with Crippen LogP contribution < -0.4 is 19.6 Å². The number of ether oxygens (including phenoxy) is 2. The maximum Gasteiger partial charge on any atom is 0.338 e. The van der Waals surface area contributed by atoms with Gasteiger partial charge in [-0.15, -0.1) is 0 Å². The fourth-order valence-corrected chi connectivity index (χ4v) is 5.98. The summed E-state index contributed by atoms with van der Waals surface area (Å²) in [5.74, 6) is 0.519. The van der Waals surface area contributed by atoms with Gasteiger partial charge in [0, 0.05) is 5.56 Å². The average Bonchev–Trinajstić information content (AvgIpc) is 3.21. The van der Waals surface area contributed by atoms with Crippen molar-refractivity contribution < 1.29 is 14.3 Å². The Kier molecular flexibility index (Phi) is 7.04. The van der Waals surface area contributed by atoms with Crippen LogP contribution in [0.5, 0.6) is 5.75 Å². The van der Waals surface area contributed by atoms with E-state index in [9.17, 15) is 9.59 Å². The Morgan fingerprint density at radius 1 is 1.11 bits per heavy atom. The third-order valence-electron chi connectivity index (χ3n) is 6.84. The molecule has 0 fully saturated rings. The van der Waals surface area contributed by atoms with Crippen LogP contribution >= 0.6 is 11.3 Å². The fourth-order valence-electron chi connectivity index (χ4n) is 4.93. The zero-order valence-corrected chi connectivity index (χ0v) is 23.0. The van der Waals surface area contributed by atoms with Crippen molar-refractivity contribution in [3.63, 3.8) is 0 Å². The van der Waals surface area contributed by atoms with Crippen molar-refractivity contribution in [1.82, 2.24) is 4.57 Å². The van der Waals surface area contributed by atoms with Crippen LogP contribution in [0.25, 0.3) is 16.8 Å². The van der Waals surface area contributed by atoms with E-state index in [2.05, 4.69) is 26.0 Å². The molecule has 194 valence electrons. The second-order valence-electron chi connectivity index (χ2n) is 9.53. The third-order valence-corrected chi connectivity index (χ3v) is 7.82. The summed E-state index contributed by atoms with van der Waals surface area (Å²) in [6.07, 6.45) is 1.88. The number of hydrogen-bond acceptors (Lipinski definition) is 6. The second-order valence-corrected chi connectivity index (χ2v) is 10.5. The highest BCUT2D eigenvalue weighted by atomic mass is 32.1. The molecular formula is C31H30N2O4S. The smallest absolute Gasteiger partial charge is 0.338 e. The minimum Gasteiger partial charge on any atom is -0.496 e. The Morgan fingerprint density at radius 3 is 2.53 bits per heavy atom. The average molecular weight is 527 g/mol. The topological polar surface area (TPSA) is 69.9 Å². The molecule has 1 aliphatic rings. The van der Waals surface area contributed by atoms with Crippen LogP contribution in [-0.2, 0) is 9.53 Å². The van der Waals surface area contributed by atoms with Gasteiger partial charge in [0.25, 0.3) is 5.56 Å². The standard InChI is InChI=1S/C31H30N2O4S/c1-6-37-30(35)26-19(4)32-31-33(28(26)27-23-10-8-7-9-22(23)15-16-24(27)36-5)29(34)25(38-31)17-20-11-13-21(14-12-20)18(2)3/h7-18,28H,6H2,1-5H3. The van der Waals surface area contributed by atoms with Gasteiger partial charge >= 0.3 is 5.97 Å². The number of allylic oxidation sites excluding steroid dienone is 1. The first-order valence-electron chi connectivity index (χ1n) is 12.7. The Bertz CT molecular complexity index is 1740. The molecular weight excluding hydrogens is 496 g/mol. The lowest BCUT2D eigenvalue weighted by Crippen LogP contribution is -2.40. The maximum atomic E-state index is 14.0. The molecule has 6 nitrogen and oxygen atoms in total. The van der Waals surface area contributed by atoms with Crippen molar-refractivity contribution in [3.8, 4) is 5.75 Å². The van der Waals surface area contributed by atoms with Crippen molar-refractivity contribution in [3.05, 3.63) is 108 Å². The van der Waals surface area contributed by atoms with Crippen molar-refractivity contribution >= 4 is 34.2 Å². The molecule has 0 saturated heterocycles. The summed E-state index contributed by atoms with van der Waals surface area (Å²) in [5.41, 5.74) is 3.55. The molecule has 0 N–H and O–H groups in total. The van der Waals surface area contributed by atoms with E-state index in [1.165, 1.54) is 16.9 Å². The van der Waals surface area contributed by atoms with Crippen LogP contribution in [0.3, 0.4) is 0 Å². The molecule has 3 aromatic carbocycles. The summed E-state index contributed by atoms with van der Waals surface area (Å²) in [6.45, 7) is 8.07. The van der Waals surface area contributed by atoms with E-state index in [4.69, 9.17) is 14.5 Å². The van der Waals surface area contributed by atoms with Gasteiger partial charge in [-0.3, -0.25) is 9.36 Å². The van der Waals surface area contributed by atoms with Gasteiger partial charge in [0.15, 0.2) is 4.80 Å². The second kappa shape index (κ2) is 10.4. The zero-order valence-electron chi connectivity index (χ0n) is 22.1. The van der Waals surface area contributed by atoms with Crippen molar-refractivity contribution in [2.75, 3.05) is 13.7 Å². The van der Waals surface area contributed by atoms with E-state index in [-0.39, 0.29) is 12.2 Å². The fraction of sp³-hybridized carbons (Fsp3) is 0.258. The highest BCUT2D eigenvalue weighted by molar-refractivity contribution is 7.07. The first kappa shape index (κ1) is 25.7. The molecule has 1 atom stereocenters. The van der Waals surface area contributed by atoms with E-state index in [1.807, 2.05) is 54.6 Å². The number of methoxy groups -OCH3 is 1. The maximum absolute atomic E-state index is 14.0. The van der Waals surface area contributed by atoms with Crippen molar-refractivity contribution in [2.24, 2.45) is 4.99 Å². The number of carbonyl (C=O) groups is 1. The molecule has 0 radical (unpaired) electrons. The molecule has 0 bridgehead atoms. The number of esters is 1. The molecule has 5 rings (SSSR count). The van der Waals surface area contributed by atoms with Gasteiger partial charge in [-0.1, -0.05) is 79.8 Å². The molecule has 1 aliphatic heterocycles. The number of carbonyl (C=O) groups excluding carboxylic acids is 1. The number of thiazole rings is 1. The quantitative estimate of drug-likeness (QED) is 0.329. The van der Waals surface area contributed by atoms with Crippen molar-refractivity contribution in [1.29, 1.82) is 0 Å². The van der Waals surface area contributed by atoms with Crippen LogP contribution in [0.2, 0.25) is 0 Å². The number of fused-ring (bicyclic) bond motifs is 2. The molecule has 1 aromatic heterocycles. The van der Waals surface area contributed by atoms with Gasteiger partial charge in [-0.2, -0.15) is 0 Å². The minimum absolute atomic E-state index is 0.212. The molecule has 0 aliphatic carbocycles. The van der Waals surface area contributed by atoms with E-state index in [0.29, 0.717) is 32.3 Å². The minimum atomic E-state index is -0.753. The number of benzene rings is 3. The van der Waals surface area contributed by atoms with Crippen LogP contribution in [0.4, 0.5) is 0 Å². The number of rotatable bonds is 6. The summed E-state index contributed by atoms with van der Waals surface area (Å²) in [4.78, 5) is 32.6. The monoisotopic (exact) mass is 526 g/mol. The summed E-state index contributed by atoms with van der Waals surface area (Å²) in [7, 11) is 1.60. The molecule has 4 aromatic rings. The van der Waals surface area contributed by atoms with Gasteiger partial charge in [0.05, 0.1) is 29.5 Å². The Balaban J connectivity index is 1.80. The highest BCUT2D eigenvalue weighted by Gasteiger charge is 2.36. The number of nitrogens with zero attached hydrogens (tertiary/aromatic N) is 2. The lowest BCUT2D eigenvalue weighted by atomic mass is 9.90. The number of aromatic nitrogens is 1. The van der Waals surface area contributed by atoms with Crippen LogP contribution in [0.1, 0.15) is 56.3 Å². The highest BCUT2D eigenvalue weighted by Crippen LogP contribution is 2.40. The van der Waals surface area contributed by atoms with Crippen LogP contribution in [0, 0.1) is 0 Å². The van der Waals surface area contributed by atoms with E-state index < -0.39 is 12.0 Å². The molecule has 7 heteroatoms. The van der Waals surface area contributed by atoms with Crippen molar-refractivity contribution in [2.45, 2.75) is 39.7 Å². The largest absolute Gasteiger partial charge is 0.496 e. The molecule has 2 heterocycles. The first-order chi connectivity index (χ1) is 18.3. The third kappa shape index (κ3) is 4.47. The Morgan fingerprint density at radius 2 is 1.84 bits per heavy atom. The molecule has 1 unspecified atom stereocenters. The molecule has 38 heavy (non-hydrogen) atoms. The summed E-state index contributed by atoms with van der Waals surface area (Å²) < 4.78 is 13.4. The van der Waals surface area contributed by atoms with Gasteiger partial charge in [0.1, 0.15) is 11.8 Å². The lowest BCUT2D eigenvalue weighted by Gasteiger charge is -2.27. The summed E-state index contributed by atoms with van der Waals surface area (Å²) in [6, 6.07) is 19.2. The zero-order chi connectivity index (χ0) is 27.0. The van der Waals surface area contributed by atoms with E-state index in [1.54, 1.807) is 25.5 Å². The Hall–Kier alpha value is -3.97. The predicted octanol–water partition coefficient (Wildman–Crippen LogP) is 5.08. The van der Waals surface area contributed by atoms with Gasteiger partial charge in [-0.05, 0) is 53.8 Å². The SMILES string of the molecule is CCOC(=O)C1=C(C)N=c2sc(=Cc3ccc(C(C)C)cc3)c(=O)n2C1c1c(OC)ccc2ccccc12. The van der Waals surface area contributed by atoms with Crippen LogP contribution in [-0.4, -0.2) is 24.3 Å². The van der Waals surface area contributed by atoms with E-state index >= 15 is 0 Å². The van der Waals surface area contributed by atoms with E-state index in [0.717, 1.165) is 21.9 Å².